The second kappa shape index (κ2) is 8.22. The van der Waals surface area contributed by atoms with Gasteiger partial charge in [0.25, 0.3) is 0 Å². The van der Waals surface area contributed by atoms with E-state index in [2.05, 4.69) is 46.7 Å². The average molecular weight is 430 g/mol. The van der Waals surface area contributed by atoms with Crippen LogP contribution in [0, 0.1) is 0 Å². The fourth-order valence-electron chi connectivity index (χ4n) is 5.02. The zero-order valence-corrected chi connectivity index (χ0v) is 18.0. The van der Waals surface area contributed by atoms with Crippen molar-refractivity contribution >= 4 is 22.8 Å². The summed E-state index contributed by atoms with van der Waals surface area (Å²) in [4.78, 5) is 19.4. The third kappa shape index (κ3) is 3.57. The Kier molecular flexibility index (Phi) is 4.93. The molecular formula is C23H27N9. The number of fused-ring (bicyclic) bond motifs is 1. The Morgan fingerprint density at radius 2 is 1.34 bits per heavy atom. The Morgan fingerprint density at radius 3 is 1.94 bits per heavy atom. The van der Waals surface area contributed by atoms with Crippen LogP contribution in [-0.4, -0.2) is 60.7 Å². The summed E-state index contributed by atoms with van der Waals surface area (Å²) in [6, 6.07) is 8.60. The number of hydrogen-bond donors (Lipinski definition) is 0. The van der Waals surface area contributed by atoms with Crippen molar-refractivity contribution in [2.75, 3.05) is 36.0 Å². The van der Waals surface area contributed by atoms with E-state index in [0.717, 1.165) is 69.0 Å². The lowest BCUT2D eigenvalue weighted by molar-refractivity contribution is 0.369. The van der Waals surface area contributed by atoms with Crippen LogP contribution >= 0.6 is 0 Å². The zero-order chi connectivity index (χ0) is 21.3. The molecule has 0 radical (unpaired) electrons. The molecule has 2 aliphatic heterocycles. The van der Waals surface area contributed by atoms with Gasteiger partial charge >= 0.3 is 0 Å². The van der Waals surface area contributed by atoms with E-state index in [1.54, 1.807) is 6.20 Å². The van der Waals surface area contributed by atoms with Gasteiger partial charge in [-0.15, -0.1) is 0 Å². The molecule has 0 amide bonds. The molecule has 0 spiro atoms. The van der Waals surface area contributed by atoms with Gasteiger partial charge in [0.2, 0.25) is 0 Å². The first kappa shape index (κ1) is 19.2. The number of aromatic nitrogens is 7. The first-order chi connectivity index (χ1) is 15.8. The summed E-state index contributed by atoms with van der Waals surface area (Å²) in [5.41, 5.74) is 1.54. The van der Waals surface area contributed by atoms with Gasteiger partial charge < -0.3 is 9.80 Å². The molecule has 2 saturated heterocycles. The number of piperidine rings is 2. The molecule has 9 heteroatoms. The zero-order valence-electron chi connectivity index (χ0n) is 18.0. The molecule has 0 N–H and O–H groups in total. The standard InChI is InChI=1S/C23H27N9/c1-8-20-21(24-9-1)28-23(30-13-3-7-19(17-30)32-15-5-11-26-32)22(27-20)29-12-2-6-18(16-29)31-14-4-10-25-31/h1,4-5,8-11,14-15,18-19H,2-3,6-7,12-13,16-17H2. The molecule has 2 aliphatic rings. The number of rotatable bonds is 4. The van der Waals surface area contributed by atoms with Crippen LogP contribution in [0.4, 0.5) is 11.6 Å². The Labute approximate surface area is 186 Å². The lowest BCUT2D eigenvalue weighted by atomic mass is 10.0. The van der Waals surface area contributed by atoms with Gasteiger partial charge in [0.05, 0.1) is 12.1 Å². The minimum absolute atomic E-state index is 0.339. The molecule has 0 bridgehead atoms. The molecule has 0 saturated carbocycles. The predicted molar refractivity (Wildman–Crippen MR) is 123 cm³/mol. The van der Waals surface area contributed by atoms with Crippen LogP contribution in [0.5, 0.6) is 0 Å². The van der Waals surface area contributed by atoms with Gasteiger partial charge in [0.15, 0.2) is 17.3 Å². The molecule has 9 nitrogen and oxygen atoms in total. The lowest BCUT2D eigenvalue weighted by Gasteiger charge is -2.38. The maximum atomic E-state index is 5.08. The van der Waals surface area contributed by atoms with Crippen LogP contribution in [0.2, 0.25) is 0 Å². The fourth-order valence-corrected chi connectivity index (χ4v) is 5.02. The van der Waals surface area contributed by atoms with Gasteiger partial charge in [0, 0.05) is 57.2 Å². The van der Waals surface area contributed by atoms with Gasteiger partial charge in [0.1, 0.15) is 5.52 Å². The average Bonchev–Trinajstić information content (AvgIpc) is 3.58. The van der Waals surface area contributed by atoms with Crippen molar-refractivity contribution in [1.29, 1.82) is 0 Å². The Morgan fingerprint density at radius 1 is 0.719 bits per heavy atom. The van der Waals surface area contributed by atoms with Gasteiger partial charge in [-0.3, -0.25) is 9.36 Å². The minimum atomic E-state index is 0.339. The molecule has 0 aliphatic carbocycles. The van der Waals surface area contributed by atoms with Gasteiger partial charge in [-0.05, 0) is 49.9 Å². The van der Waals surface area contributed by atoms with Crippen molar-refractivity contribution in [1.82, 2.24) is 34.5 Å². The maximum Gasteiger partial charge on any atom is 0.180 e. The van der Waals surface area contributed by atoms with Crippen molar-refractivity contribution in [3.05, 3.63) is 55.2 Å². The van der Waals surface area contributed by atoms with E-state index in [-0.39, 0.29) is 0 Å². The first-order valence-electron chi connectivity index (χ1n) is 11.5. The Bertz CT molecular complexity index is 1080. The summed E-state index contributed by atoms with van der Waals surface area (Å²) in [6.45, 7) is 3.69. The van der Waals surface area contributed by atoms with E-state index in [4.69, 9.17) is 9.97 Å². The molecule has 4 aromatic rings. The topological polar surface area (TPSA) is 80.8 Å². The summed E-state index contributed by atoms with van der Waals surface area (Å²) < 4.78 is 4.16. The van der Waals surface area contributed by atoms with Crippen LogP contribution in [-0.2, 0) is 0 Å². The van der Waals surface area contributed by atoms with E-state index in [9.17, 15) is 0 Å². The maximum absolute atomic E-state index is 5.08. The summed E-state index contributed by atoms with van der Waals surface area (Å²) in [5.74, 6) is 1.90. The molecule has 2 unspecified atom stereocenters. The van der Waals surface area contributed by atoms with E-state index in [1.165, 1.54) is 0 Å². The highest BCUT2D eigenvalue weighted by molar-refractivity contribution is 5.78. The first-order valence-corrected chi connectivity index (χ1v) is 11.5. The van der Waals surface area contributed by atoms with Crippen LogP contribution in [0.25, 0.3) is 11.2 Å². The van der Waals surface area contributed by atoms with Crippen LogP contribution < -0.4 is 9.80 Å². The monoisotopic (exact) mass is 429 g/mol. The van der Waals surface area contributed by atoms with Gasteiger partial charge in [-0.25, -0.2) is 15.0 Å². The Hall–Kier alpha value is -3.49. The van der Waals surface area contributed by atoms with Crippen molar-refractivity contribution < 1.29 is 0 Å². The second-order valence-electron chi connectivity index (χ2n) is 8.67. The van der Waals surface area contributed by atoms with E-state index in [1.807, 2.05) is 36.7 Å². The van der Waals surface area contributed by atoms with E-state index in [0.29, 0.717) is 17.7 Å². The predicted octanol–water partition coefficient (Wildman–Crippen LogP) is 3.10. The molecule has 6 rings (SSSR count). The number of nitrogens with zero attached hydrogens (tertiary/aromatic N) is 9. The SMILES string of the molecule is c1cnc2nc(N3CCCC(n4cccn4)C3)c(N3CCCC(n4cccn4)C3)nc2c1. The summed E-state index contributed by atoms with van der Waals surface area (Å²) in [5, 5.41) is 8.98. The van der Waals surface area contributed by atoms with Gasteiger partial charge in [-0.1, -0.05) is 0 Å². The second-order valence-corrected chi connectivity index (χ2v) is 8.67. The third-order valence-electron chi connectivity index (χ3n) is 6.59. The van der Waals surface area contributed by atoms with Gasteiger partial charge in [-0.2, -0.15) is 10.2 Å². The van der Waals surface area contributed by atoms with Crippen molar-refractivity contribution in [3.8, 4) is 0 Å². The third-order valence-corrected chi connectivity index (χ3v) is 6.59. The highest BCUT2D eigenvalue weighted by Crippen LogP contribution is 2.34. The normalized spacial score (nSPS) is 21.9. The molecule has 0 aromatic carbocycles. The van der Waals surface area contributed by atoms with Crippen molar-refractivity contribution in [2.45, 2.75) is 37.8 Å². The number of hydrogen-bond acceptors (Lipinski definition) is 7. The Balaban J connectivity index is 1.37. The lowest BCUT2D eigenvalue weighted by Crippen LogP contribution is -2.41. The number of pyridine rings is 1. The number of anilines is 2. The van der Waals surface area contributed by atoms with Crippen molar-refractivity contribution in [3.63, 3.8) is 0 Å². The summed E-state index contributed by atoms with van der Waals surface area (Å²) in [7, 11) is 0. The van der Waals surface area contributed by atoms with Crippen molar-refractivity contribution in [2.24, 2.45) is 0 Å². The van der Waals surface area contributed by atoms with Crippen LogP contribution in [0.3, 0.4) is 0 Å². The van der Waals surface area contributed by atoms with Crippen LogP contribution in [0.15, 0.2) is 55.2 Å². The molecule has 2 atom stereocenters. The fraction of sp³-hybridized carbons (Fsp3) is 0.435. The summed E-state index contributed by atoms with van der Waals surface area (Å²) >= 11 is 0. The molecular weight excluding hydrogens is 402 g/mol. The smallest absolute Gasteiger partial charge is 0.180 e. The molecule has 2 fully saturated rings. The quantitative estimate of drug-likeness (QED) is 0.493. The molecule has 32 heavy (non-hydrogen) atoms. The van der Waals surface area contributed by atoms with Crippen LogP contribution in [0.1, 0.15) is 37.8 Å². The van der Waals surface area contributed by atoms with E-state index >= 15 is 0 Å². The highest BCUT2D eigenvalue weighted by Gasteiger charge is 2.30. The van der Waals surface area contributed by atoms with E-state index < -0.39 is 0 Å². The minimum Gasteiger partial charge on any atom is -0.351 e. The highest BCUT2D eigenvalue weighted by atomic mass is 15.4. The summed E-state index contributed by atoms with van der Waals surface area (Å²) in [6.07, 6.45) is 14.1. The largest absolute Gasteiger partial charge is 0.351 e. The molecule has 6 heterocycles. The molecule has 4 aromatic heterocycles. The molecule has 164 valence electrons.